The van der Waals surface area contributed by atoms with Gasteiger partial charge in [0.1, 0.15) is 11.6 Å². The van der Waals surface area contributed by atoms with Crippen molar-refractivity contribution in [2.24, 2.45) is 0 Å². The van der Waals surface area contributed by atoms with Gasteiger partial charge in [0.25, 0.3) is 0 Å². The minimum atomic E-state index is -0.310. The number of aromatic nitrogens is 2. The summed E-state index contributed by atoms with van der Waals surface area (Å²) >= 11 is 0. The molecule has 32 heavy (non-hydrogen) atoms. The van der Waals surface area contributed by atoms with E-state index in [0.29, 0.717) is 36.8 Å². The minimum Gasteiger partial charge on any atom is -0.439 e. The molecule has 0 spiro atoms. The third kappa shape index (κ3) is 4.93. The average Bonchev–Trinajstić information content (AvgIpc) is 3.60. The second kappa shape index (κ2) is 9.85. The zero-order valence-electron chi connectivity index (χ0n) is 18.6. The fraction of sp³-hybridized carbons (Fsp3) is 0.360. The molecular weight excluding hydrogens is 407 g/mol. The van der Waals surface area contributed by atoms with Crippen molar-refractivity contribution in [1.82, 2.24) is 20.0 Å². The number of nitrogens with one attached hydrogen (secondary N) is 1. The molecule has 168 valence electrons. The van der Waals surface area contributed by atoms with Crippen LogP contribution in [0.15, 0.2) is 54.6 Å². The first-order valence-electron chi connectivity index (χ1n) is 11.2. The van der Waals surface area contributed by atoms with Gasteiger partial charge >= 0.3 is 6.03 Å². The Hall–Kier alpha value is -3.35. The smallest absolute Gasteiger partial charge is 0.317 e. The summed E-state index contributed by atoms with van der Waals surface area (Å²) in [7, 11) is 0. The Kier molecular flexibility index (Phi) is 6.73. The highest BCUT2D eigenvalue weighted by atomic mass is 19.1. The first-order valence-corrected chi connectivity index (χ1v) is 11.2. The van der Waals surface area contributed by atoms with Crippen LogP contribution < -0.4 is 10.1 Å². The summed E-state index contributed by atoms with van der Waals surface area (Å²) in [5.74, 6) is 0.913. The molecule has 1 fully saturated rings. The predicted octanol–water partition coefficient (Wildman–Crippen LogP) is 5.45. The van der Waals surface area contributed by atoms with E-state index < -0.39 is 0 Å². The van der Waals surface area contributed by atoms with E-state index in [4.69, 9.17) is 9.84 Å². The predicted molar refractivity (Wildman–Crippen MR) is 122 cm³/mol. The number of ether oxygens (including phenoxy) is 1. The van der Waals surface area contributed by atoms with Gasteiger partial charge < -0.3 is 15.0 Å². The number of nitrogens with zero attached hydrogens (tertiary/aromatic N) is 3. The van der Waals surface area contributed by atoms with Gasteiger partial charge in [0.2, 0.25) is 5.88 Å². The molecule has 1 aliphatic rings. The zero-order chi connectivity index (χ0) is 22.5. The van der Waals surface area contributed by atoms with Gasteiger partial charge in [-0.05, 0) is 62.1 Å². The highest BCUT2D eigenvalue weighted by Crippen LogP contribution is 2.35. The molecule has 0 unspecified atom stereocenters. The number of hydrogen-bond donors (Lipinski definition) is 1. The van der Waals surface area contributed by atoms with Gasteiger partial charge in [0.15, 0.2) is 0 Å². The highest BCUT2D eigenvalue weighted by molar-refractivity contribution is 5.75. The summed E-state index contributed by atoms with van der Waals surface area (Å²) in [6.45, 7) is 5.12. The Labute approximate surface area is 188 Å². The number of aryl methyl sites for hydroxylation is 1. The molecule has 0 aliphatic heterocycles. The number of para-hydroxylation sites is 1. The minimum absolute atomic E-state index is 0.0587. The van der Waals surface area contributed by atoms with Gasteiger partial charge in [-0.2, -0.15) is 5.10 Å². The van der Waals surface area contributed by atoms with Crippen LogP contribution in [0.4, 0.5) is 9.18 Å². The Morgan fingerprint density at radius 2 is 1.88 bits per heavy atom. The number of carbonyl (C=O) groups excluding carboxylic acids is 1. The van der Waals surface area contributed by atoms with Gasteiger partial charge in [-0.25, -0.2) is 13.9 Å². The number of benzene rings is 2. The topological polar surface area (TPSA) is 59.4 Å². The van der Waals surface area contributed by atoms with Gasteiger partial charge in [-0.3, -0.25) is 0 Å². The molecule has 0 atom stereocenters. The summed E-state index contributed by atoms with van der Waals surface area (Å²) in [6.07, 6.45) is 3.57. The number of carbonyl (C=O) groups is 1. The number of amides is 2. The van der Waals surface area contributed by atoms with E-state index in [2.05, 4.69) is 5.32 Å². The van der Waals surface area contributed by atoms with E-state index in [1.165, 1.54) is 12.1 Å². The Morgan fingerprint density at radius 3 is 2.50 bits per heavy atom. The van der Waals surface area contributed by atoms with Crippen LogP contribution in [0.3, 0.4) is 0 Å². The van der Waals surface area contributed by atoms with Crippen LogP contribution in [0.2, 0.25) is 0 Å². The molecule has 1 aliphatic carbocycles. The van der Waals surface area contributed by atoms with Crippen LogP contribution in [0.5, 0.6) is 11.6 Å². The lowest BCUT2D eigenvalue weighted by Crippen LogP contribution is -2.41. The first kappa shape index (κ1) is 21.9. The standard InChI is InChI=1S/C25H29FN4O2/c1-3-16-27-25(31)29(19-14-15-19)17-22-23(4-2)28-30(20-12-10-18(26)11-13-20)24(22)32-21-8-6-5-7-9-21/h5-13,19H,3-4,14-17H2,1-2H3,(H,27,31). The number of rotatable bonds is 9. The van der Waals surface area contributed by atoms with E-state index in [1.807, 2.05) is 49.1 Å². The van der Waals surface area contributed by atoms with E-state index in [0.717, 1.165) is 30.5 Å². The lowest BCUT2D eigenvalue weighted by atomic mass is 10.2. The Balaban J connectivity index is 1.75. The fourth-order valence-corrected chi connectivity index (χ4v) is 3.64. The van der Waals surface area contributed by atoms with Crippen molar-refractivity contribution in [2.45, 2.75) is 52.1 Å². The molecule has 0 saturated heterocycles. The number of halogens is 1. The highest BCUT2D eigenvalue weighted by Gasteiger charge is 2.34. The summed E-state index contributed by atoms with van der Waals surface area (Å²) in [4.78, 5) is 14.8. The second-order valence-corrected chi connectivity index (χ2v) is 7.98. The molecule has 1 heterocycles. The monoisotopic (exact) mass is 436 g/mol. The third-order valence-electron chi connectivity index (χ3n) is 5.49. The van der Waals surface area contributed by atoms with Crippen LogP contribution in [0.1, 0.15) is 44.4 Å². The van der Waals surface area contributed by atoms with Crippen LogP contribution in [0.25, 0.3) is 5.69 Å². The largest absolute Gasteiger partial charge is 0.439 e. The maximum Gasteiger partial charge on any atom is 0.317 e. The maximum atomic E-state index is 13.5. The van der Waals surface area contributed by atoms with Crippen molar-refractivity contribution in [3.05, 3.63) is 71.7 Å². The van der Waals surface area contributed by atoms with Crippen LogP contribution >= 0.6 is 0 Å². The van der Waals surface area contributed by atoms with Crippen molar-refractivity contribution < 1.29 is 13.9 Å². The van der Waals surface area contributed by atoms with Crippen LogP contribution in [-0.2, 0) is 13.0 Å². The van der Waals surface area contributed by atoms with E-state index in [9.17, 15) is 9.18 Å². The van der Waals surface area contributed by atoms with E-state index >= 15 is 0 Å². The first-order chi connectivity index (χ1) is 15.6. The molecular formula is C25H29FN4O2. The molecule has 1 N–H and O–H groups in total. The van der Waals surface area contributed by atoms with Crippen molar-refractivity contribution in [1.29, 1.82) is 0 Å². The lowest BCUT2D eigenvalue weighted by Gasteiger charge is -2.23. The Bertz CT molecular complexity index is 1050. The zero-order valence-corrected chi connectivity index (χ0v) is 18.6. The van der Waals surface area contributed by atoms with Crippen molar-refractivity contribution >= 4 is 6.03 Å². The average molecular weight is 437 g/mol. The molecule has 0 radical (unpaired) electrons. The lowest BCUT2D eigenvalue weighted by molar-refractivity contribution is 0.191. The summed E-state index contributed by atoms with van der Waals surface area (Å²) in [5, 5.41) is 7.79. The molecule has 1 saturated carbocycles. The summed E-state index contributed by atoms with van der Waals surface area (Å²) < 4.78 is 21.6. The van der Waals surface area contributed by atoms with Crippen LogP contribution in [-0.4, -0.2) is 33.3 Å². The van der Waals surface area contributed by atoms with Gasteiger partial charge in [0, 0.05) is 12.6 Å². The molecule has 3 aromatic rings. The number of urea groups is 1. The molecule has 0 bridgehead atoms. The second-order valence-electron chi connectivity index (χ2n) is 7.98. The van der Waals surface area contributed by atoms with Crippen molar-refractivity contribution in [3.63, 3.8) is 0 Å². The SMILES string of the molecule is CCCNC(=O)N(Cc1c(CC)nn(-c2ccc(F)cc2)c1Oc1ccccc1)C1CC1. The van der Waals surface area contributed by atoms with Gasteiger partial charge in [-0.1, -0.05) is 32.0 Å². The van der Waals surface area contributed by atoms with E-state index in [1.54, 1.807) is 16.8 Å². The van der Waals surface area contributed by atoms with Gasteiger partial charge in [0.05, 0.1) is 23.5 Å². The molecule has 2 amide bonds. The maximum absolute atomic E-state index is 13.5. The molecule has 6 nitrogen and oxygen atoms in total. The fourth-order valence-electron chi connectivity index (χ4n) is 3.64. The third-order valence-corrected chi connectivity index (χ3v) is 5.49. The molecule has 7 heteroatoms. The van der Waals surface area contributed by atoms with E-state index in [-0.39, 0.29) is 17.9 Å². The van der Waals surface area contributed by atoms with Gasteiger partial charge in [-0.15, -0.1) is 0 Å². The number of hydrogen-bond acceptors (Lipinski definition) is 3. The van der Waals surface area contributed by atoms with Crippen LogP contribution in [0, 0.1) is 5.82 Å². The van der Waals surface area contributed by atoms with Crippen molar-refractivity contribution in [2.75, 3.05) is 6.54 Å². The molecule has 1 aromatic heterocycles. The molecule has 4 rings (SSSR count). The summed E-state index contributed by atoms with van der Waals surface area (Å²) in [5.41, 5.74) is 2.43. The Morgan fingerprint density at radius 1 is 1.16 bits per heavy atom. The van der Waals surface area contributed by atoms with Crippen molar-refractivity contribution in [3.8, 4) is 17.3 Å². The quantitative estimate of drug-likeness (QED) is 0.485. The normalized spacial score (nSPS) is 13.1. The molecule has 2 aromatic carbocycles. The summed E-state index contributed by atoms with van der Waals surface area (Å²) in [6, 6.07) is 15.8.